The molecule has 1 atom stereocenters. The van der Waals surface area contributed by atoms with E-state index in [9.17, 15) is 0 Å². The summed E-state index contributed by atoms with van der Waals surface area (Å²) in [6.45, 7) is 5.35. The Kier molecular flexibility index (Phi) is 6.46. The maximum Gasteiger partial charge on any atom is 0.0704 e. The normalized spacial score (nSPS) is 13.0. The maximum atomic E-state index is 4.40. The molecule has 1 rings (SSSR count). The monoisotopic (exact) mass is 305 g/mol. The van der Waals surface area contributed by atoms with Gasteiger partial charge in [-0.3, -0.25) is 4.68 Å². The molecule has 1 unspecified atom stereocenters. The summed E-state index contributed by atoms with van der Waals surface area (Å²) in [4.78, 5) is 0. The second-order valence-corrected chi connectivity index (χ2v) is 5.77. The standard InChI is InChI=1S/C11H20BrN3S/c1-4-6-15-11(9(12)7-14-15)10(13-3)8-16-5-2/h7,10,13H,4-6,8H2,1-3H3. The molecule has 0 saturated carbocycles. The van der Waals surface area contributed by atoms with Crippen LogP contribution in [0.4, 0.5) is 0 Å². The average molecular weight is 306 g/mol. The molecule has 0 bridgehead atoms. The topological polar surface area (TPSA) is 29.9 Å². The SMILES string of the molecule is CCCn1ncc(Br)c1C(CSCC)NC. The Bertz CT molecular complexity index is 314. The minimum atomic E-state index is 0.369. The predicted molar refractivity (Wildman–Crippen MR) is 75.0 cm³/mol. The van der Waals surface area contributed by atoms with Crippen molar-refractivity contribution in [1.29, 1.82) is 0 Å². The molecule has 0 amide bonds. The summed E-state index contributed by atoms with van der Waals surface area (Å²) in [6.07, 6.45) is 3.00. The van der Waals surface area contributed by atoms with E-state index in [1.54, 1.807) is 0 Å². The minimum absolute atomic E-state index is 0.369. The lowest BCUT2D eigenvalue weighted by atomic mass is 10.2. The first-order valence-electron chi connectivity index (χ1n) is 5.70. The molecule has 5 heteroatoms. The zero-order valence-electron chi connectivity index (χ0n) is 10.2. The van der Waals surface area contributed by atoms with Gasteiger partial charge < -0.3 is 5.32 Å². The van der Waals surface area contributed by atoms with Crippen LogP contribution in [0.25, 0.3) is 0 Å². The number of hydrogen-bond acceptors (Lipinski definition) is 3. The van der Waals surface area contributed by atoms with E-state index >= 15 is 0 Å². The highest BCUT2D eigenvalue weighted by molar-refractivity contribution is 9.10. The van der Waals surface area contributed by atoms with Crippen molar-refractivity contribution in [1.82, 2.24) is 15.1 Å². The third-order valence-electron chi connectivity index (χ3n) is 2.44. The fraction of sp³-hybridized carbons (Fsp3) is 0.727. The van der Waals surface area contributed by atoms with Crippen LogP contribution in [-0.2, 0) is 6.54 Å². The van der Waals surface area contributed by atoms with E-state index in [0.717, 1.165) is 28.9 Å². The van der Waals surface area contributed by atoms with Crippen LogP contribution in [-0.4, -0.2) is 28.3 Å². The summed E-state index contributed by atoms with van der Waals surface area (Å²) in [5.74, 6) is 2.23. The fourth-order valence-electron chi connectivity index (χ4n) is 1.64. The zero-order chi connectivity index (χ0) is 12.0. The lowest BCUT2D eigenvalue weighted by Crippen LogP contribution is -2.23. The van der Waals surface area contributed by atoms with E-state index in [4.69, 9.17) is 0 Å². The van der Waals surface area contributed by atoms with Crippen LogP contribution in [0.5, 0.6) is 0 Å². The third-order valence-corrected chi connectivity index (χ3v) is 4.02. The molecule has 0 spiro atoms. The molecule has 1 aromatic heterocycles. The van der Waals surface area contributed by atoms with E-state index in [1.165, 1.54) is 5.69 Å². The quantitative estimate of drug-likeness (QED) is 0.839. The van der Waals surface area contributed by atoms with Crippen molar-refractivity contribution in [3.8, 4) is 0 Å². The van der Waals surface area contributed by atoms with Gasteiger partial charge in [0.1, 0.15) is 0 Å². The smallest absolute Gasteiger partial charge is 0.0704 e. The molecule has 1 N–H and O–H groups in total. The summed E-state index contributed by atoms with van der Waals surface area (Å²) < 4.78 is 3.21. The van der Waals surface area contributed by atoms with Gasteiger partial charge in [-0.2, -0.15) is 16.9 Å². The number of nitrogens with zero attached hydrogens (tertiary/aromatic N) is 2. The van der Waals surface area contributed by atoms with Crippen molar-refractivity contribution < 1.29 is 0 Å². The van der Waals surface area contributed by atoms with Crippen molar-refractivity contribution in [2.75, 3.05) is 18.6 Å². The van der Waals surface area contributed by atoms with Crippen LogP contribution in [0, 0.1) is 0 Å². The van der Waals surface area contributed by atoms with Crippen LogP contribution in [0.2, 0.25) is 0 Å². The largest absolute Gasteiger partial charge is 0.311 e. The number of aryl methyl sites for hydroxylation is 1. The molecular formula is C11H20BrN3S. The van der Waals surface area contributed by atoms with Gasteiger partial charge in [0, 0.05) is 12.3 Å². The fourth-order valence-corrected chi connectivity index (χ4v) is 3.01. The van der Waals surface area contributed by atoms with Gasteiger partial charge in [-0.1, -0.05) is 13.8 Å². The van der Waals surface area contributed by atoms with Crippen molar-refractivity contribution in [3.63, 3.8) is 0 Å². The van der Waals surface area contributed by atoms with Gasteiger partial charge in [0.2, 0.25) is 0 Å². The van der Waals surface area contributed by atoms with E-state index in [-0.39, 0.29) is 0 Å². The number of nitrogens with one attached hydrogen (secondary N) is 1. The highest BCUT2D eigenvalue weighted by Crippen LogP contribution is 2.26. The molecule has 0 aliphatic rings. The summed E-state index contributed by atoms with van der Waals surface area (Å²) in [6, 6.07) is 0.369. The summed E-state index contributed by atoms with van der Waals surface area (Å²) >= 11 is 5.54. The summed E-state index contributed by atoms with van der Waals surface area (Å²) in [7, 11) is 2.01. The molecular weight excluding hydrogens is 286 g/mol. The molecule has 0 aliphatic carbocycles. The van der Waals surface area contributed by atoms with Crippen LogP contribution in [0.15, 0.2) is 10.7 Å². The van der Waals surface area contributed by atoms with Crippen molar-refractivity contribution >= 4 is 27.7 Å². The Hall–Kier alpha value is -0.0000000000000000763. The first-order valence-corrected chi connectivity index (χ1v) is 7.65. The molecule has 1 aromatic rings. The molecule has 0 aliphatic heterocycles. The van der Waals surface area contributed by atoms with Crippen molar-refractivity contribution in [2.24, 2.45) is 0 Å². The first-order chi connectivity index (χ1) is 7.74. The summed E-state index contributed by atoms with van der Waals surface area (Å²) in [5.41, 5.74) is 1.27. The van der Waals surface area contributed by atoms with Crippen molar-refractivity contribution in [3.05, 3.63) is 16.4 Å². The Morgan fingerprint density at radius 1 is 1.56 bits per heavy atom. The van der Waals surface area contributed by atoms with E-state index in [0.29, 0.717) is 6.04 Å². The molecule has 3 nitrogen and oxygen atoms in total. The summed E-state index contributed by atoms with van der Waals surface area (Å²) in [5, 5.41) is 7.77. The minimum Gasteiger partial charge on any atom is -0.311 e. The molecule has 1 heterocycles. The van der Waals surface area contributed by atoms with Gasteiger partial charge >= 0.3 is 0 Å². The van der Waals surface area contributed by atoms with Gasteiger partial charge in [0.15, 0.2) is 0 Å². The number of thioether (sulfide) groups is 1. The van der Waals surface area contributed by atoms with Crippen LogP contribution >= 0.6 is 27.7 Å². The third kappa shape index (κ3) is 3.50. The van der Waals surface area contributed by atoms with Gasteiger partial charge in [0.05, 0.1) is 22.4 Å². The second kappa shape index (κ2) is 7.35. The number of rotatable bonds is 7. The average Bonchev–Trinajstić information content (AvgIpc) is 2.63. The second-order valence-electron chi connectivity index (χ2n) is 3.60. The van der Waals surface area contributed by atoms with Gasteiger partial charge in [-0.15, -0.1) is 0 Å². The predicted octanol–water partition coefficient (Wildman–Crippen LogP) is 3.07. The first kappa shape index (κ1) is 14.1. The van der Waals surface area contributed by atoms with Crippen LogP contribution in [0.3, 0.4) is 0 Å². The zero-order valence-corrected chi connectivity index (χ0v) is 12.6. The Morgan fingerprint density at radius 3 is 2.88 bits per heavy atom. The van der Waals surface area contributed by atoms with Crippen molar-refractivity contribution in [2.45, 2.75) is 32.9 Å². The highest BCUT2D eigenvalue weighted by Gasteiger charge is 2.17. The number of halogens is 1. The van der Waals surface area contributed by atoms with Crippen LogP contribution < -0.4 is 5.32 Å². The Balaban J connectivity index is 2.84. The Labute approximate surface area is 110 Å². The highest BCUT2D eigenvalue weighted by atomic mass is 79.9. The lowest BCUT2D eigenvalue weighted by Gasteiger charge is -2.18. The van der Waals surface area contributed by atoms with Gasteiger partial charge in [-0.25, -0.2) is 0 Å². The molecule has 92 valence electrons. The number of aromatic nitrogens is 2. The number of hydrogen-bond donors (Lipinski definition) is 1. The molecule has 0 aromatic carbocycles. The molecule has 0 fully saturated rings. The molecule has 0 radical (unpaired) electrons. The van der Waals surface area contributed by atoms with Gasteiger partial charge in [-0.05, 0) is 35.2 Å². The van der Waals surface area contributed by atoms with E-state index < -0.39 is 0 Å². The molecule has 0 saturated heterocycles. The van der Waals surface area contributed by atoms with Crippen LogP contribution in [0.1, 0.15) is 32.0 Å². The molecule has 16 heavy (non-hydrogen) atoms. The van der Waals surface area contributed by atoms with E-state index in [2.05, 4.69) is 44.9 Å². The lowest BCUT2D eigenvalue weighted by molar-refractivity contribution is 0.523. The van der Waals surface area contributed by atoms with E-state index in [1.807, 2.05) is 25.0 Å². The van der Waals surface area contributed by atoms with Gasteiger partial charge in [0.25, 0.3) is 0 Å². The Morgan fingerprint density at radius 2 is 2.31 bits per heavy atom. The maximum absolute atomic E-state index is 4.40.